The molecular formula is C23H27N3O6. The van der Waals surface area contributed by atoms with Gasteiger partial charge in [0.25, 0.3) is 5.91 Å². The van der Waals surface area contributed by atoms with Gasteiger partial charge in [0.15, 0.2) is 11.5 Å². The first kappa shape index (κ1) is 22.9. The molecule has 1 aliphatic heterocycles. The smallest absolute Gasteiger partial charge is 0.255 e. The molecule has 0 spiro atoms. The topological polar surface area (TPSA) is 97.4 Å². The molecule has 1 fully saturated rings. The van der Waals surface area contributed by atoms with Crippen LogP contribution in [0.15, 0.2) is 36.4 Å². The van der Waals surface area contributed by atoms with Gasteiger partial charge in [0.1, 0.15) is 0 Å². The second-order valence-electron chi connectivity index (χ2n) is 7.52. The Balaban J connectivity index is 1.81. The van der Waals surface area contributed by atoms with E-state index in [1.807, 2.05) is 0 Å². The van der Waals surface area contributed by atoms with Crippen molar-refractivity contribution in [1.29, 1.82) is 0 Å². The lowest BCUT2D eigenvalue weighted by Gasteiger charge is -2.20. The van der Waals surface area contributed by atoms with Gasteiger partial charge in [-0.3, -0.25) is 14.4 Å². The van der Waals surface area contributed by atoms with E-state index in [4.69, 9.17) is 14.2 Å². The maximum Gasteiger partial charge on any atom is 0.255 e. The van der Waals surface area contributed by atoms with Crippen LogP contribution in [0.25, 0.3) is 0 Å². The number of ether oxygens (including phenoxy) is 3. The number of rotatable bonds is 7. The van der Waals surface area contributed by atoms with Crippen LogP contribution in [-0.2, 0) is 9.59 Å². The van der Waals surface area contributed by atoms with Crippen LogP contribution in [0.2, 0.25) is 0 Å². The first-order valence-corrected chi connectivity index (χ1v) is 10.0. The Labute approximate surface area is 186 Å². The summed E-state index contributed by atoms with van der Waals surface area (Å²) in [4.78, 5) is 41.0. The van der Waals surface area contributed by atoms with Crippen molar-refractivity contribution in [2.24, 2.45) is 5.92 Å². The summed E-state index contributed by atoms with van der Waals surface area (Å²) in [5, 5.41) is 2.81. The van der Waals surface area contributed by atoms with Crippen LogP contribution in [0.4, 0.5) is 11.4 Å². The number of carbonyl (C=O) groups excluding carboxylic acids is 3. The van der Waals surface area contributed by atoms with Gasteiger partial charge in [-0.1, -0.05) is 12.1 Å². The number of anilines is 2. The van der Waals surface area contributed by atoms with E-state index in [1.54, 1.807) is 50.5 Å². The molecule has 1 heterocycles. The molecule has 0 bridgehead atoms. The molecule has 9 nitrogen and oxygen atoms in total. The molecule has 0 saturated carbocycles. The van der Waals surface area contributed by atoms with Crippen molar-refractivity contribution in [2.75, 3.05) is 52.2 Å². The molecule has 32 heavy (non-hydrogen) atoms. The number of carbonyl (C=O) groups is 3. The Morgan fingerprint density at radius 1 is 1.03 bits per heavy atom. The van der Waals surface area contributed by atoms with Crippen molar-refractivity contribution >= 4 is 29.1 Å². The average molecular weight is 441 g/mol. The van der Waals surface area contributed by atoms with Crippen molar-refractivity contribution < 1.29 is 28.6 Å². The standard InChI is InChI=1S/C23H27N3O6/c1-25(2)23(29)16-8-6-7-9-17(16)24-22(28)14-10-20(27)26(13-14)15-11-18(30-3)21(32-5)19(12-15)31-4/h6-9,11-12,14H,10,13H2,1-5H3,(H,24,28). The molecule has 0 aromatic heterocycles. The molecule has 0 aliphatic carbocycles. The third-order valence-corrected chi connectivity index (χ3v) is 5.28. The van der Waals surface area contributed by atoms with Crippen LogP contribution >= 0.6 is 0 Å². The summed E-state index contributed by atoms with van der Waals surface area (Å²) in [6.45, 7) is 0.188. The van der Waals surface area contributed by atoms with Crippen molar-refractivity contribution in [3.63, 3.8) is 0 Å². The minimum Gasteiger partial charge on any atom is -0.493 e. The third-order valence-electron chi connectivity index (χ3n) is 5.28. The maximum atomic E-state index is 12.9. The highest BCUT2D eigenvalue weighted by atomic mass is 16.5. The summed E-state index contributed by atoms with van der Waals surface area (Å²) in [5.74, 6) is -0.0739. The van der Waals surface area contributed by atoms with E-state index >= 15 is 0 Å². The highest BCUT2D eigenvalue weighted by Crippen LogP contribution is 2.42. The zero-order chi connectivity index (χ0) is 23.4. The lowest BCUT2D eigenvalue weighted by Crippen LogP contribution is -2.29. The summed E-state index contributed by atoms with van der Waals surface area (Å²) in [6.07, 6.45) is 0.0479. The van der Waals surface area contributed by atoms with Crippen molar-refractivity contribution in [2.45, 2.75) is 6.42 Å². The van der Waals surface area contributed by atoms with E-state index in [9.17, 15) is 14.4 Å². The van der Waals surface area contributed by atoms with Gasteiger partial charge in [-0.2, -0.15) is 0 Å². The van der Waals surface area contributed by atoms with E-state index in [2.05, 4.69) is 5.32 Å². The lowest BCUT2D eigenvalue weighted by atomic mass is 10.1. The molecule has 0 radical (unpaired) electrons. The fourth-order valence-electron chi connectivity index (χ4n) is 3.61. The largest absolute Gasteiger partial charge is 0.493 e. The van der Waals surface area contributed by atoms with Gasteiger partial charge in [0.2, 0.25) is 17.6 Å². The SMILES string of the molecule is COc1cc(N2CC(C(=O)Nc3ccccc3C(=O)N(C)C)CC2=O)cc(OC)c1OC. The monoisotopic (exact) mass is 441 g/mol. The lowest BCUT2D eigenvalue weighted by molar-refractivity contribution is -0.122. The van der Waals surface area contributed by atoms with Crippen LogP contribution in [0.3, 0.4) is 0 Å². The second-order valence-corrected chi connectivity index (χ2v) is 7.52. The Hall–Kier alpha value is -3.75. The van der Waals surface area contributed by atoms with Gasteiger partial charge in [-0.15, -0.1) is 0 Å². The Bertz CT molecular complexity index is 1010. The van der Waals surface area contributed by atoms with E-state index in [-0.39, 0.29) is 30.7 Å². The van der Waals surface area contributed by atoms with Crippen LogP contribution in [0, 0.1) is 5.92 Å². The molecule has 2 aromatic carbocycles. The minimum atomic E-state index is -0.580. The molecule has 9 heteroatoms. The summed E-state index contributed by atoms with van der Waals surface area (Å²) >= 11 is 0. The third kappa shape index (κ3) is 4.46. The molecule has 3 rings (SSSR count). The second kappa shape index (κ2) is 9.59. The molecule has 1 atom stereocenters. The van der Waals surface area contributed by atoms with Gasteiger partial charge in [0, 0.05) is 39.2 Å². The number of nitrogens with one attached hydrogen (secondary N) is 1. The molecule has 2 aromatic rings. The number of hydrogen-bond donors (Lipinski definition) is 1. The Morgan fingerprint density at radius 3 is 2.22 bits per heavy atom. The maximum absolute atomic E-state index is 12.9. The fraction of sp³-hybridized carbons (Fsp3) is 0.348. The highest BCUT2D eigenvalue weighted by molar-refractivity contribution is 6.07. The molecule has 3 amide bonds. The highest BCUT2D eigenvalue weighted by Gasteiger charge is 2.36. The molecule has 1 aliphatic rings. The van der Waals surface area contributed by atoms with Crippen molar-refractivity contribution in [1.82, 2.24) is 4.90 Å². The van der Waals surface area contributed by atoms with Gasteiger partial charge < -0.3 is 29.3 Å². The number of amides is 3. The van der Waals surface area contributed by atoms with E-state index in [0.717, 1.165) is 0 Å². The van der Waals surface area contributed by atoms with Gasteiger partial charge in [-0.05, 0) is 12.1 Å². The number of para-hydroxylation sites is 1. The fourth-order valence-corrected chi connectivity index (χ4v) is 3.61. The Morgan fingerprint density at radius 2 is 1.66 bits per heavy atom. The molecule has 1 unspecified atom stereocenters. The Kier molecular flexibility index (Phi) is 6.87. The summed E-state index contributed by atoms with van der Waals surface area (Å²) in [6, 6.07) is 10.1. The summed E-state index contributed by atoms with van der Waals surface area (Å²) < 4.78 is 16.1. The summed E-state index contributed by atoms with van der Waals surface area (Å²) in [7, 11) is 7.78. The number of hydrogen-bond acceptors (Lipinski definition) is 6. The first-order chi connectivity index (χ1) is 15.3. The predicted molar refractivity (Wildman–Crippen MR) is 120 cm³/mol. The zero-order valence-corrected chi connectivity index (χ0v) is 18.8. The zero-order valence-electron chi connectivity index (χ0n) is 18.8. The van der Waals surface area contributed by atoms with Crippen molar-refractivity contribution in [3.05, 3.63) is 42.0 Å². The summed E-state index contributed by atoms with van der Waals surface area (Å²) in [5.41, 5.74) is 1.34. The van der Waals surface area contributed by atoms with Crippen LogP contribution in [0.1, 0.15) is 16.8 Å². The number of nitrogens with zero attached hydrogens (tertiary/aromatic N) is 2. The van der Waals surface area contributed by atoms with Gasteiger partial charge in [0.05, 0.1) is 44.2 Å². The minimum absolute atomic E-state index is 0.0479. The van der Waals surface area contributed by atoms with Crippen LogP contribution < -0.4 is 24.4 Å². The normalized spacial score (nSPS) is 15.3. The van der Waals surface area contributed by atoms with Crippen LogP contribution in [0.5, 0.6) is 17.2 Å². The van der Waals surface area contributed by atoms with E-state index in [0.29, 0.717) is 34.2 Å². The number of methoxy groups -OCH3 is 3. The van der Waals surface area contributed by atoms with Gasteiger partial charge in [-0.25, -0.2) is 0 Å². The van der Waals surface area contributed by atoms with Crippen LogP contribution in [-0.4, -0.2) is 64.6 Å². The molecule has 170 valence electrons. The van der Waals surface area contributed by atoms with E-state index < -0.39 is 5.92 Å². The predicted octanol–water partition coefficient (Wildman–Crippen LogP) is 2.41. The molecule has 1 saturated heterocycles. The van der Waals surface area contributed by atoms with E-state index in [1.165, 1.54) is 31.1 Å². The molecular weight excluding hydrogens is 414 g/mol. The first-order valence-electron chi connectivity index (χ1n) is 10.0. The quantitative estimate of drug-likeness (QED) is 0.709. The van der Waals surface area contributed by atoms with Crippen molar-refractivity contribution in [3.8, 4) is 17.2 Å². The number of benzene rings is 2. The molecule has 1 N–H and O–H groups in total. The average Bonchev–Trinajstić information content (AvgIpc) is 3.19. The van der Waals surface area contributed by atoms with Gasteiger partial charge >= 0.3 is 0 Å².